The van der Waals surface area contributed by atoms with Crippen LogP contribution in [0.2, 0.25) is 0 Å². The minimum Gasteiger partial charge on any atom is -0.352 e. The van der Waals surface area contributed by atoms with Gasteiger partial charge in [0.05, 0.1) is 5.69 Å². The van der Waals surface area contributed by atoms with Crippen molar-refractivity contribution in [3.8, 4) is 0 Å². The third-order valence-corrected chi connectivity index (χ3v) is 4.75. The fourth-order valence-corrected chi connectivity index (χ4v) is 3.33. The van der Waals surface area contributed by atoms with Crippen molar-refractivity contribution in [1.82, 2.24) is 10.2 Å². The second kappa shape index (κ2) is 8.08. The van der Waals surface area contributed by atoms with Gasteiger partial charge in [-0.2, -0.15) is 0 Å². The van der Waals surface area contributed by atoms with Crippen molar-refractivity contribution in [1.29, 1.82) is 0 Å². The maximum Gasteiger partial charge on any atom is 0.321 e. The highest BCUT2D eigenvalue weighted by molar-refractivity contribution is 7.99. The van der Waals surface area contributed by atoms with Gasteiger partial charge >= 0.3 is 6.03 Å². The summed E-state index contributed by atoms with van der Waals surface area (Å²) in [4.78, 5) is 26.3. The molecule has 5 nitrogen and oxygen atoms in total. The van der Waals surface area contributed by atoms with Crippen molar-refractivity contribution in [2.45, 2.75) is 37.6 Å². The lowest BCUT2D eigenvalue weighted by Crippen LogP contribution is -2.38. The molecule has 0 radical (unpaired) electrons. The van der Waals surface area contributed by atoms with E-state index in [4.69, 9.17) is 0 Å². The Morgan fingerprint density at radius 3 is 2.86 bits per heavy atom. The summed E-state index contributed by atoms with van der Waals surface area (Å²) in [5.74, 6) is 0.981. The minimum atomic E-state index is -0.0996. The van der Waals surface area contributed by atoms with Crippen LogP contribution in [0.15, 0.2) is 29.2 Å². The standard InChI is InChI=1S/C16H23N3O2S/c1-3-10-22-15-7-5-4-6-14(15)18-16(21)19-9-8-13(11-19)17-12(2)20/h4-7,13H,3,8-11H2,1-2H3,(H,17,20)(H,18,21). The number of hydrogen-bond acceptors (Lipinski definition) is 3. The lowest BCUT2D eigenvalue weighted by Gasteiger charge is -2.19. The van der Waals surface area contributed by atoms with Crippen LogP contribution in [0.1, 0.15) is 26.7 Å². The average Bonchev–Trinajstić information content (AvgIpc) is 2.94. The van der Waals surface area contributed by atoms with E-state index < -0.39 is 0 Å². The Morgan fingerprint density at radius 2 is 2.14 bits per heavy atom. The molecule has 6 heteroatoms. The smallest absolute Gasteiger partial charge is 0.321 e. The molecule has 1 aromatic carbocycles. The number of urea groups is 1. The normalized spacial score (nSPS) is 17.4. The van der Waals surface area contributed by atoms with E-state index in [9.17, 15) is 9.59 Å². The number of amides is 3. The van der Waals surface area contributed by atoms with E-state index in [1.54, 1.807) is 16.7 Å². The predicted molar refractivity (Wildman–Crippen MR) is 90.3 cm³/mol. The number of nitrogens with one attached hydrogen (secondary N) is 2. The zero-order valence-corrected chi connectivity index (χ0v) is 13.9. The monoisotopic (exact) mass is 321 g/mol. The van der Waals surface area contributed by atoms with Crippen LogP contribution in [0.25, 0.3) is 0 Å². The van der Waals surface area contributed by atoms with Crippen LogP contribution < -0.4 is 10.6 Å². The molecule has 1 aliphatic rings. The van der Waals surface area contributed by atoms with Crippen LogP contribution in [0, 0.1) is 0 Å². The van der Waals surface area contributed by atoms with Crippen LogP contribution in [-0.4, -0.2) is 41.7 Å². The average molecular weight is 321 g/mol. The van der Waals surface area contributed by atoms with Gasteiger partial charge in [-0.25, -0.2) is 4.79 Å². The Balaban J connectivity index is 1.94. The molecule has 1 saturated heterocycles. The fraction of sp³-hybridized carbons (Fsp3) is 0.500. The lowest BCUT2D eigenvalue weighted by molar-refractivity contribution is -0.119. The number of thioether (sulfide) groups is 1. The molecule has 1 unspecified atom stereocenters. The van der Waals surface area contributed by atoms with Crippen molar-refractivity contribution in [2.24, 2.45) is 0 Å². The van der Waals surface area contributed by atoms with Crippen molar-refractivity contribution < 1.29 is 9.59 Å². The van der Waals surface area contributed by atoms with E-state index in [1.165, 1.54) is 6.92 Å². The first-order valence-corrected chi connectivity index (χ1v) is 8.63. The van der Waals surface area contributed by atoms with Crippen LogP contribution in [0.3, 0.4) is 0 Å². The Bertz CT molecular complexity index is 536. The molecule has 3 amide bonds. The minimum absolute atomic E-state index is 0.0476. The summed E-state index contributed by atoms with van der Waals surface area (Å²) in [7, 11) is 0. The number of para-hydroxylation sites is 1. The topological polar surface area (TPSA) is 61.4 Å². The molecule has 0 spiro atoms. The van der Waals surface area contributed by atoms with Crippen molar-refractivity contribution in [3.63, 3.8) is 0 Å². The highest BCUT2D eigenvalue weighted by Gasteiger charge is 2.26. The summed E-state index contributed by atoms with van der Waals surface area (Å²) >= 11 is 1.75. The quantitative estimate of drug-likeness (QED) is 0.820. The molecule has 1 aliphatic heterocycles. The summed E-state index contributed by atoms with van der Waals surface area (Å²) in [5.41, 5.74) is 0.855. The summed E-state index contributed by atoms with van der Waals surface area (Å²) < 4.78 is 0. The van der Waals surface area contributed by atoms with Gasteiger partial charge in [0.2, 0.25) is 5.91 Å². The summed E-state index contributed by atoms with van der Waals surface area (Å²) in [6.45, 7) is 4.88. The fourth-order valence-electron chi connectivity index (χ4n) is 2.45. The number of carbonyl (C=O) groups excluding carboxylic acids is 2. The molecule has 1 atom stereocenters. The number of anilines is 1. The molecule has 2 N–H and O–H groups in total. The highest BCUT2D eigenvalue weighted by atomic mass is 32.2. The molecule has 0 saturated carbocycles. The van der Waals surface area contributed by atoms with Crippen LogP contribution >= 0.6 is 11.8 Å². The Kier molecular flexibility index (Phi) is 6.12. The number of carbonyl (C=O) groups is 2. The van der Waals surface area contributed by atoms with E-state index in [2.05, 4.69) is 17.6 Å². The van der Waals surface area contributed by atoms with E-state index in [-0.39, 0.29) is 18.0 Å². The Hall–Kier alpha value is -1.69. The molecule has 1 heterocycles. The molecule has 1 aromatic rings. The van der Waals surface area contributed by atoms with Gasteiger partial charge in [-0.15, -0.1) is 11.8 Å². The molecule has 0 bridgehead atoms. The number of benzene rings is 1. The Labute approximate surface area is 135 Å². The van der Waals surface area contributed by atoms with E-state index in [0.29, 0.717) is 13.1 Å². The van der Waals surface area contributed by atoms with E-state index in [1.807, 2.05) is 24.3 Å². The molecule has 2 rings (SSSR count). The second-order valence-corrected chi connectivity index (χ2v) is 6.54. The predicted octanol–water partition coefficient (Wildman–Crippen LogP) is 2.93. The third-order valence-electron chi connectivity index (χ3n) is 3.47. The van der Waals surface area contributed by atoms with E-state index in [0.717, 1.165) is 29.2 Å². The molecule has 0 aliphatic carbocycles. The lowest BCUT2D eigenvalue weighted by atomic mass is 10.3. The maximum absolute atomic E-state index is 12.4. The molecular formula is C16H23N3O2S. The molecule has 0 aromatic heterocycles. The van der Waals surface area contributed by atoms with Gasteiger partial charge < -0.3 is 15.5 Å². The highest BCUT2D eigenvalue weighted by Crippen LogP contribution is 2.27. The largest absolute Gasteiger partial charge is 0.352 e. The summed E-state index contributed by atoms with van der Waals surface area (Å²) in [6, 6.07) is 7.83. The number of rotatable bonds is 5. The van der Waals surface area contributed by atoms with Crippen molar-refractivity contribution >= 4 is 29.4 Å². The first kappa shape index (κ1) is 16.7. The van der Waals surface area contributed by atoms with Crippen LogP contribution in [0.4, 0.5) is 10.5 Å². The first-order valence-electron chi connectivity index (χ1n) is 7.65. The van der Waals surface area contributed by atoms with Gasteiger partial charge in [0.1, 0.15) is 0 Å². The third kappa shape index (κ3) is 4.66. The van der Waals surface area contributed by atoms with Crippen molar-refractivity contribution in [3.05, 3.63) is 24.3 Å². The number of likely N-dealkylation sites (tertiary alicyclic amines) is 1. The van der Waals surface area contributed by atoms with Gasteiger partial charge in [-0.3, -0.25) is 4.79 Å². The SMILES string of the molecule is CCCSc1ccccc1NC(=O)N1CCC(NC(C)=O)C1. The second-order valence-electron chi connectivity index (χ2n) is 5.41. The maximum atomic E-state index is 12.4. The van der Waals surface area contributed by atoms with Crippen LogP contribution in [-0.2, 0) is 4.79 Å². The van der Waals surface area contributed by atoms with Gasteiger partial charge in [0.25, 0.3) is 0 Å². The molecule has 120 valence electrons. The first-order chi connectivity index (χ1) is 10.6. The van der Waals surface area contributed by atoms with E-state index >= 15 is 0 Å². The molecule has 1 fully saturated rings. The number of nitrogens with zero attached hydrogens (tertiary/aromatic N) is 1. The zero-order chi connectivity index (χ0) is 15.9. The van der Waals surface area contributed by atoms with Gasteiger partial charge in [-0.1, -0.05) is 19.1 Å². The van der Waals surface area contributed by atoms with Gasteiger partial charge in [0, 0.05) is 31.0 Å². The van der Waals surface area contributed by atoms with Crippen molar-refractivity contribution in [2.75, 3.05) is 24.2 Å². The zero-order valence-electron chi connectivity index (χ0n) is 13.1. The van der Waals surface area contributed by atoms with Crippen LogP contribution in [0.5, 0.6) is 0 Å². The molecule has 22 heavy (non-hydrogen) atoms. The summed E-state index contributed by atoms with van der Waals surface area (Å²) in [5, 5.41) is 5.85. The van der Waals surface area contributed by atoms with Gasteiger partial charge in [0.15, 0.2) is 0 Å². The Morgan fingerprint density at radius 1 is 1.36 bits per heavy atom. The molecular weight excluding hydrogens is 298 g/mol. The summed E-state index contributed by atoms with van der Waals surface area (Å²) in [6.07, 6.45) is 1.90. The van der Waals surface area contributed by atoms with Gasteiger partial charge in [-0.05, 0) is 30.7 Å². The number of hydrogen-bond donors (Lipinski definition) is 2.